The summed E-state index contributed by atoms with van der Waals surface area (Å²) in [7, 11) is 0.991. The predicted octanol–water partition coefficient (Wildman–Crippen LogP) is 4.60. The first-order valence-electron chi connectivity index (χ1n) is 6.37. The van der Waals surface area contributed by atoms with E-state index in [1.165, 1.54) is 6.92 Å². The maximum Gasteiger partial charge on any atom is 0.451 e. The Morgan fingerprint density at radius 2 is 1.75 bits per heavy atom. The molecule has 24 heavy (non-hydrogen) atoms. The Morgan fingerprint density at radius 3 is 2.25 bits per heavy atom. The Balaban J connectivity index is 2.44. The van der Waals surface area contributed by atoms with Gasteiger partial charge in [0.2, 0.25) is 5.82 Å². The molecule has 0 unspecified atom stereocenters. The van der Waals surface area contributed by atoms with E-state index in [0.717, 1.165) is 19.2 Å². The van der Waals surface area contributed by atoms with Crippen LogP contribution in [0.4, 0.5) is 30.7 Å². The van der Waals surface area contributed by atoms with Gasteiger partial charge in [-0.05, 0) is 24.6 Å². The molecule has 0 bridgehead atoms. The van der Waals surface area contributed by atoms with Crippen LogP contribution >= 0.6 is 11.8 Å². The fraction of sp³-hybridized carbons (Fsp3) is 0.385. The van der Waals surface area contributed by atoms with Crippen molar-refractivity contribution in [3.8, 4) is 11.4 Å². The Kier molecular flexibility index (Phi) is 4.84. The van der Waals surface area contributed by atoms with Gasteiger partial charge in [-0.25, -0.2) is 14.1 Å². The zero-order valence-corrected chi connectivity index (χ0v) is 13.1. The predicted molar refractivity (Wildman–Crippen MR) is 72.9 cm³/mol. The Labute approximate surface area is 135 Å². The van der Waals surface area contributed by atoms with Crippen LogP contribution in [0.1, 0.15) is 11.4 Å². The molecule has 2 aromatic rings. The number of nitrogens with zero attached hydrogens (tertiary/aromatic N) is 3. The summed E-state index contributed by atoms with van der Waals surface area (Å²) >= 11 is 0.412. The lowest BCUT2D eigenvalue weighted by Gasteiger charge is -2.10. The SMILES string of the molecule is Cc1cc(F)c(-c2nc(C(F)(F)F)n(C)n2)cc1SCC(F)(F)F. The average molecular weight is 373 g/mol. The number of hydrogen-bond acceptors (Lipinski definition) is 3. The van der Waals surface area contributed by atoms with Gasteiger partial charge in [-0.3, -0.25) is 0 Å². The molecule has 0 fully saturated rings. The molecule has 0 radical (unpaired) electrons. The van der Waals surface area contributed by atoms with Crippen LogP contribution in [0.25, 0.3) is 11.4 Å². The summed E-state index contributed by atoms with van der Waals surface area (Å²) in [5, 5.41) is 3.50. The van der Waals surface area contributed by atoms with Gasteiger partial charge in [0.1, 0.15) is 5.82 Å². The minimum absolute atomic E-state index is 0.0877. The van der Waals surface area contributed by atoms with Crippen LogP contribution in [-0.2, 0) is 13.2 Å². The molecule has 0 aliphatic rings. The van der Waals surface area contributed by atoms with E-state index < -0.39 is 41.1 Å². The first-order valence-corrected chi connectivity index (χ1v) is 7.35. The van der Waals surface area contributed by atoms with E-state index in [4.69, 9.17) is 0 Å². The molecule has 1 heterocycles. The van der Waals surface area contributed by atoms with Gasteiger partial charge in [-0.1, -0.05) is 0 Å². The van der Waals surface area contributed by atoms with Crippen LogP contribution in [0.2, 0.25) is 0 Å². The summed E-state index contributed by atoms with van der Waals surface area (Å²) in [6, 6.07) is 1.97. The van der Waals surface area contributed by atoms with E-state index in [9.17, 15) is 30.7 Å². The van der Waals surface area contributed by atoms with Crippen molar-refractivity contribution in [2.75, 3.05) is 5.75 Å². The van der Waals surface area contributed by atoms with Gasteiger partial charge in [0.15, 0.2) is 5.82 Å². The first-order chi connectivity index (χ1) is 10.9. The molecule has 0 saturated carbocycles. The fourth-order valence-corrected chi connectivity index (χ4v) is 2.69. The lowest BCUT2D eigenvalue weighted by molar-refractivity contribution is -0.147. The highest BCUT2D eigenvalue weighted by Crippen LogP contribution is 2.34. The molecule has 0 spiro atoms. The number of alkyl halides is 6. The van der Waals surface area contributed by atoms with Crippen LogP contribution in [0.15, 0.2) is 17.0 Å². The Morgan fingerprint density at radius 1 is 1.12 bits per heavy atom. The number of hydrogen-bond donors (Lipinski definition) is 0. The summed E-state index contributed by atoms with van der Waals surface area (Å²) in [5.74, 6) is -4.00. The average Bonchev–Trinajstić information content (AvgIpc) is 2.78. The minimum atomic E-state index is -4.78. The fourth-order valence-electron chi connectivity index (χ4n) is 1.88. The highest BCUT2D eigenvalue weighted by Gasteiger charge is 2.37. The molecule has 0 atom stereocenters. The first kappa shape index (κ1) is 18.6. The van der Waals surface area contributed by atoms with Crippen LogP contribution in [0.3, 0.4) is 0 Å². The highest BCUT2D eigenvalue weighted by molar-refractivity contribution is 7.99. The minimum Gasteiger partial charge on any atom is -0.245 e. The van der Waals surface area contributed by atoms with Gasteiger partial charge in [0.05, 0.1) is 11.3 Å². The molecular formula is C13H10F7N3S. The van der Waals surface area contributed by atoms with E-state index in [2.05, 4.69) is 10.1 Å². The third-order valence-electron chi connectivity index (χ3n) is 2.91. The van der Waals surface area contributed by atoms with E-state index in [1.807, 2.05) is 0 Å². The zero-order valence-electron chi connectivity index (χ0n) is 12.3. The molecule has 0 N–H and O–H groups in total. The molecule has 0 amide bonds. The normalized spacial score (nSPS) is 12.7. The van der Waals surface area contributed by atoms with Gasteiger partial charge >= 0.3 is 12.4 Å². The van der Waals surface area contributed by atoms with E-state index in [1.54, 1.807) is 0 Å². The van der Waals surface area contributed by atoms with Gasteiger partial charge in [0.25, 0.3) is 0 Å². The second-order valence-corrected chi connectivity index (χ2v) is 5.90. The number of benzene rings is 1. The van der Waals surface area contributed by atoms with E-state index >= 15 is 0 Å². The van der Waals surface area contributed by atoms with Crippen molar-refractivity contribution < 1.29 is 30.7 Å². The number of thioether (sulfide) groups is 1. The van der Waals surface area contributed by atoms with Crippen molar-refractivity contribution in [3.05, 3.63) is 29.3 Å². The van der Waals surface area contributed by atoms with Gasteiger partial charge in [-0.2, -0.15) is 31.4 Å². The lowest BCUT2D eigenvalue weighted by atomic mass is 10.1. The van der Waals surface area contributed by atoms with Gasteiger partial charge in [0, 0.05) is 11.9 Å². The topological polar surface area (TPSA) is 30.7 Å². The summed E-state index contributed by atoms with van der Waals surface area (Å²) < 4.78 is 89.6. The number of halogens is 7. The molecule has 11 heteroatoms. The third-order valence-corrected chi connectivity index (χ3v) is 4.14. The second kappa shape index (κ2) is 6.26. The van der Waals surface area contributed by atoms with Crippen molar-refractivity contribution in [1.82, 2.24) is 14.8 Å². The van der Waals surface area contributed by atoms with Crippen molar-refractivity contribution in [3.63, 3.8) is 0 Å². The Hall–Kier alpha value is -1.78. The number of rotatable bonds is 3. The quantitative estimate of drug-likeness (QED) is 0.582. The van der Waals surface area contributed by atoms with Crippen LogP contribution in [0.5, 0.6) is 0 Å². The molecule has 0 saturated heterocycles. The summed E-state index contributed by atoms with van der Waals surface area (Å²) in [6.45, 7) is 1.40. The second-order valence-electron chi connectivity index (χ2n) is 4.88. The molecule has 3 nitrogen and oxygen atoms in total. The van der Waals surface area contributed by atoms with Crippen molar-refractivity contribution in [1.29, 1.82) is 0 Å². The monoisotopic (exact) mass is 373 g/mol. The van der Waals surface area contributed by atoms with Crippen molar-refractivity contribution >= 4 is 11.8 Å². The molecule has 0 aliphatic carbocycles. The number of aryl methyl sites for hydroxylation is 2. The number of aromatic nitrogens is 3. The lowest BCUT2D eigenvalue weighted by Crippen LogP contribution is -2.13. The Bertz CT molecular complexity index is 749. The van der Waals surface area contributed by atoms with E-state index in [0.29, 0.717) is 16.4 Å². The van der Waals surface area contributed by atoms with Gasteiger partial charge < -0.3 is 0 Å². The molecular weight excluding hydrogens is 363 g/mol. The highest BCUT2D eigenvalue weighted by atomic mass is 32.2. The van der Waals surface area contributed by atoms with Crippen LogP contribution in [-0.4, -0.2) is 26.7 Å². The molecule has 1 aromatic heterocycles. The van der Waals surface area contributed by atoms with E-state index in [-0.39, 0.29) is 10.5 Å². The molecule has 2 rings (SSSR count). The third kappa shape index (κ3) is 4.19. The summed E-state index contributed by atoms with van der Waals surface area (Å²) in [4.78, 5) is 3.33. The maximum absolute atomic E-state index is 14.0. The van der Waals surface area contributed by atoms with Crippen molar-refractivity contribution in [2.45, 2.75) is 24.2 Å². The zero-order chi connectivity index (χ0) is 18.3. The standard InChI is InChI=1S/C13H10F7N3S/c1-6-3-8(14)7(4-9(6)24-5-12(15,16)17)10-21-11(13(18,19)20)23(2)22-10/h3-4H,5H2,1-2H3. The summed E-state index contributed by atoms with van der Waals surface area (Å²) in [5.41, 5.74) is -0.158. The van der Waals surface area contributed by atoms with Gasteiger partial charge in [-0.15, -0.1) is 11.8 Å². The maximum atomic E-state index is 14.0. The smallest absolute Gasteiger partial charge is 0.245 e. The van der Waals surface area contributed by atoms with Crippen LogP contribution < -0.4 is 0 Å². The molecule has 1 aromatic carbocycles. The molecule has 132 valence electrons. The van der Waals surface area contributed by atoms with Crippen molar-refractivity contribution in [2.24, 2.45) is 7.05 Å². The largest absolute Gasteiger partial charge is 0.451 e. The van der Waals surface area contributed by atoms with Crippen LogP contribution in [0, 0.1) is 12.7 Å². The molecule has 0 aliphatic heterocycles. The summed E-state index contributed by atoms with van der Waals surface area (Å²) in [6.07, 6.45) is -9.21.